The van der Waals surface area contributed by atoms with E-state index in [0.29, 0.717) is 27.0 Å². The number of carbonyl (C=O) groups is 1. The number of rotatable bonds is 8. The summed E-state index contributed by atoms with van der Waals surface area (Å²) in [6.45, 7) is 0.196. The number of carbonyl (C=O) groups excluding carboxylic acids is 1. The van der Waals surface area contributed by atoms with Crippen LogP contribution in [-0.2, 0) is 35.3 Å². The Balaban J connectivity index is 1.34. The second kappa shape index (κ2) is 11.1. The minimum absolute atomic E-state index is 0.0728. The van der Waals surface area contributed by atoms with Crippen LogP contribution in [0.5, 0.6) is 0 Å². The minimum atomic E-state index is -3.03. The average molecular weight is 595 g/mol. The summed E-state index contributed by atoms with van der Waals surface area (Å²) in [5, 5.41) is 0.438. The number of aryl methyl sites for hydroxylation is 1. The van der Waals surface area contributed by atoms with E-state index in [4.69, 9.17) is 11.6 Å². The second-order valence-corrected chi connectivity index (χ2v) is 12.3. The van der Waals surface area contributed by atoms with Gasteiger partial charge in [-0.1, -0.05) is 54.1 Å². The first-order chi connectivity index (χ1) is 19.7. The number of aromatic nitrogens is 2. The number of imidazole rings is 1. The van der Waals surface area contributed by atoms with E-state index >= 15 is 8.78 Å². The van der Waals surface area contributed by atoms with E-state index in [9.17, 15) is 9.00 Å². The third kappa shape index (κ3) is 5.71. The summed E-state index contributed by atoms with van der Waals surface area (Å²) in [4.78, 5) is 20.5. The Hall–Kier alpha value is -3.40. The van der Waals surface area contributed by atoms with Gasteiger partial charge in [0.1, 0.15) is 16.8 Å². The van der Waals surface area contributed by atoms with Gasteiger partial charge in [-0.3, -0.25) is 4.79 Å². The van der Waals surface area contributed by atoms with Crippen molar-refractivity contribution in [2.75, 3.05) is 4.90 Å². The number of hydrogen-bond acceptors (Lipinski definition) is 3. The number of nitrogens with one attached hydrogen (secondary N) is 1. The highest BCUT2D eigenvalue weighted by Crippen LogP contribution is 2.50. The first-order valence-electron chi connectivity index (χ1n) is 13.5. The molecule has 6 rings (SSSR count). The Kier molecular flexibility index (Phi) is 7.52. The first-order valence-corrected chi connectivity index (χ1v) is 15.0. The van der Waals surface area contributed by atoms with Crippen LogP contribution in [0.1, 0.15) is 53.7 Å². The number of benzene rings is 3. The maximum absolute atomic E-state index is 15.1. The maximum Gasteiger partial charge on any atom is 0.273 e. The topological polar surface area (TPSA) is 67.2 Å². The van der Waals surface area contributed by atoms with Crippen molar-refractivity contribution < 1.29 is 17.8 Å². The van der Waals surface area contributed by atoms with Gasteiger partial charge in [0.05, 0.1) is 11.4 Å². The van der Waals surface area contributed by atoms with Crippen molar-refractivity contribution in [3.05, 3.63) is 113 Å². The van der Waals surface area contributed by atoms with E-state index in [0.717, 1.165) is 12.0 Å². The molecule has 2 aliphatic rings. The van der Waals surface area contributed by atoms with Crippen LogP contribution in [0.2, 0.25) is 5.02 Å². The van der Waals surface area contributed by atoms with Crippen LogP contribution in [0.15, 0.2) is 90.1 Å². The molecule has 0 spiro atoms. The summed E-state index contributed by atoms with van der Waals surface area (Å²) in [6.07, 6.45) is 3.91. The van der Waals surface area contributed by atoms with Crippen molar-refractivity contribution in [1.29, 1.82) is 0 Å². The zero-order chi connectivity index (χ0) is 28.7. The van der Waals surface area contributed by atoms with E-state index in [2.05, 4.69) is 9.71 Å². The molecule has 1 aromatic heterocycles. The summed E-state index contributed by atoms with van der Waals surface area (Å²) in [5.41, 5.74) is 1.84. The van der Waals surface area contributed by atoms with Crippen molar-refractivity contribution in [3.8, 4) is 0 Å². The molecule has 0 saturated heterocycles. The van der Waals surface area contributed by atoms with Crippen LogP contribution in [-0.4, -0.2) is 19.7 Å². The lowest BCUT2D eigenvalue weighted by molar-refractivity contribution is -0.120. The number of alkyl halides is 2. The third-order valence-corrected chi connectivity index (χ3v) is 9.36. The predicted molar refractivity (Wildman–Crippen MR) is 155 cm³/mol. The van der Waals surface area contributed by atoms with Crippen LogP contribution < -0.4 is 9.62 Å². The number of hydrogen-bond donors (Lipinski definition) is 1. The average Bonchev–Trinajstić information content (AvgIpc) is 3.67. The molecule has 41 heavy (non-hydrogen) atoms. The molecule has 212 valence electrons. The fourth-order valence-electron chi connectivity index (χ4n) is 5.58. The molecular formula is C31H29ClF2N4O2S. The van der Waals surface area contributed by atoms with Crippen molar-refractivity contribution >= 4 is 34.2 Å². The summed E-state index contributed by atoms with van der Waals surface area (Å²) in [5.74, 6) is -2.53. The van der Waals surface area contributed by atoms with E-state index in [-0.39, 0.29) is 42.7 Å². The van der Waals surface area contributed by atoms with E-state index < -0.39 is 22.9 Å². The van der Waals surface area contributed by atoms with Gasteiger partial charge in [-0.2, -0.15) is 0 Å². The largest absolute Gasteiger partial charge is 0.337 e. The molecular weight excluding hydrogens is 566 g/mol. The molecule has 1 N–H and O–H groups in total. The van der Waals surface area contributed by atoms with Crippen molar-refractivity contribution in [3.63, 3.8) is 0 Å². The standard InChI is InChI=1S/C31H29ClF2N4O2S/c1-37-15-14-35-29(37)19-38(30(39)25-18-24(25)20-6-3-2-4-7-20)22-10-11-27-26(17-22)28(12-13-31(27,33)34)36-41(40)23-9-5-8-21(32)16-23/h2-11,14-17,24-25,28,36H,12-13,18-19H2,1H3/t24-,25?,28-,41?/m1/s1. The quantitative estimate of drug-likeness (QED) is 0.248. The third-order valence-electron chi connectivity index (χ3n) is 7.94. The zero-order valence-electron chi connectivity index (χ0n) is 22.3. The van der Waals surface area contributed by atoms with Gasteiger partial charge in [-0.25, -0.2) is 22.7 Å². The first kappa shape index (κ1) is 27.8. The molecule has 10 heteroatoms. The summed E-state index contributed by atoms with van der Waals surface area (Å²) >= 11 is 6.08. The highest BCUT2D eigenvalue weighted by Gasteiger charge is 2.47. The van der Waals surface area contributed by atoms with E-state index in [1.165, 1.54) is 6.07 Å². The van der Waals surface area contributed by atoms with Crippen LogP contribution in [0.25, 0.3) is 0 Å². The number of anilines is 1. The summed E-state index contributed by atoms with van der Waals surface area (Å²) < 4.78 is 48.2. The van der Waals surface area contributed by atoms with Gasteiger partial charge in [0.2, 0.25) is 5.91 Å². The Labute approximate surface area is 244 Å². The Morgan fingerprint density at radius 2 is 1.95 bits per heavy atom. The molecule has 0 radical (unpaired) electrons. The highest BCUT2D eigenvalue weighted by molar-refractivity contribution is 7.83. The fourth-order valence-corrected chi connectivity index (χ4v) is 6.91. The maximum atomic E-state index is 15.1. The smallest absolute Gasteiger partial charge is 0.273 e. The summed E-state index contributed by atoms with van der Waals surface area (Å²) in [7, 11) is 0.179. The molecule has 1 fully saturated rings. The van der Waals surface area contributed by atoms with Gasteiger partial charge in [0, 0.05) is 54.1 Å². The van der Waals surface area contributed by atoms with Crippen LogP contribution in [0.4, 0.5) is 14.5 Å². The van der Waals surface area contributed by atoms with Crippen molar-refractivity contribution in [2.24, 2.45) is 13.0 Å². The molecule has 3 aromatic carbocycles. The molecule has 4 atom stereocenters. The SMILES string of the molecule is Cn1ccnc1CN(C(=O)C1C[C@@H]1c1ccccc1)c1ccc2c(c1)[C@H](NS(=O)c1cccc(Cl)c1)CCC2(F)F. The van der Waals surface area contributed by atoms with Crippen LogP contribution in [0.3, 0.4) is 0 Å². The van der Waals surface area contributed by atoms with E-state index in [1.54, 1.807) is 53.7 Å². The molecule has 6 nitrogen and oxygen atoms in total. The van der Waals surface area contributed by atoms with Gasteiger partial charge >= 0.3 is 0 Å². The Morgan fingerprint density at radius 3 is 2.68 bits per heavy atom. The Morgan fingerprint density at radius 1 is 1.15 bits per heavy atom. The molecule has 0 bridgehead atoms. The van der Waals surface area contributed by atoms with Crippen LogP contribution in [0, 0.1) is 5.92 Å². The minimum Gasteiger partial charge on any atom is -0.337 e. The molecule has 1 saturated carbocycles. The molecule has 1 heterocycles. The lowest BCUT2D eigenvalue weighted by Gasteiger charge is -2.33. The van der Waals surface area contributed by atoms with E-state index in [1.807, 2.05) is 41.9 Å². The fraction of sp³-hybridized carbons (Fsp3) is 0.290. The van der Waals surface area contributed by atoms with Crippen LogP contribution >= 0.6 is 11.6 Å². The van der Waals surface area contributed by atoms with Gasteiger partial charge in [-0.15, -0.1) is 0 Å². The molecule has 4 aromatic rings. The molecule has 1 amide bonds. The predicted octanol–water partition coefficient (Wildman–Crippen LogP) is 6.65. The summed E-state index contributed by atoms with van der Waals surface area (Å²) in [6, 6.07) is 20.6. The number of amides is 1. The number of halogens is 3. The van der Waals surface area contributed by atoms with Gasteiger partial charge in [0.25, 0.3) is 5.92 Å². The number of nitrogens with zero attached hydrogens (tertiary/aromatic N) is 3. The number of fused-ring (bicyclic) bond motifs is 1. The molecule has 2 unspecified atom stereocenters. The van der Waals surface area contributed by atoms with Gasteiger partial charge in [0.15, 0.2) is 0 Å². The van der Waals surface area contributed by atoms with Crippen molar-refractivity contribution in [2.45, 2.75) is 48.6 Å². The van der Waals surface area contributed by atoms with Gasteiger partial charge < -0.3 is 9.47 Å². The lowest BCUT2D eigenvalue weighted by atomic mass is 9.85. The monoisotopic (exact) mass is 594 g/mol. The normalized spacial score (nSPS) is 21.6. The zero-order valence-corrected chi connectivity index (χ0v) is 23.9. The Bertz CT molecular complexity index is 1610. The highest BCUT2D eigenvalue weighted by atomic mass is 35.5. The molecule has 2 aliphatic carbocycles. The molecule has 0 aliphatic heterocycles. The van der Waals surface area contributed by atoms with Gasteiger partial charge in [-0.05, 0) is 60.2 Å². The lowest BCUT2D eigenvalue weighted by Crippen LogP contribution is -2.35. The second-order valence-electron chi connectivity index (χ2n) is 10.6. The van der Waals surface area contributed by atoms with Crippen molar-refractivity contribution in [1.82, 2.24) is 14.3 Å².